The van der Waals surface area contributed by atoms with Gasteiger partial charge < -0.3 is 5.73 Å². The third kappa shape index (κ3) is 4.61. The van der Waals surface area contributed by atoms with Crippen molar-refractivity contribution in [2.75, 3.05) is 18.1 Å². The van der Waals surface area contributed by atoms with Crippen molar-refractivity contribution in [3.05, 3.63) is 0 Å². The molecule has 1 fully saturated rings. The highest BCUT2D eigenvalue weighted by atomic mass is 35.5. The normalized spacial score (nSPS) is 17.5. The van der Waals surface area contributed by atoms with Gasteiger partial charge in [0.1, 0.15) is 0 Å². The molecule has 5 heteroatoms. The fraction of sp³-hybridized carbons (Fsp3) is 1.00. The van der Waals surface area contributed by atoms with E-state index in [1.807, 2.05) is 0 Å². The first-order valence-corrected chi connectivity index (χ1v) is 5.37. The van der Waals surface area contributed by atoms with Crippen molar-refractivity contribution in [3.63, 3.8) is 0 Å². The van der Waals surface area contributed by atoms with Crippen LogP contribution < -0.4 is 5.73 Å². The lowest BCUT2D eigenvalue weighted by Crippen LogP contribution is -2.19. The van der Waals surface area contributed by atoms with E-state index in [0.717, 1.165) is 12.8 Å². The lowest BCUT2D eigenvalue weighted by Gasteiger charge is -1.98. The molecule has 0 amide bonds. The van der Waals surface area contributed by atoms with Gasteiger partial charge in [-0.25, -0.2) is 8.42 Å². The van der Waals surface area contributed by atoms with E-state index in [1.165, 1.54) is 0 Å². The van der Waals surface area contributed by atoms with Gasteiger partial charge in [-0.05, 0) is 18.8 Å². The van der Waals surface area contributed by atoms with Crippen molar-refractivity contribution in [2.24, 2.45) is 11.7 Å². The Bertz CT molecular complexity index is 199. The maximum atomic E-state index is 11.0. The highest BCUT2D eigenvalue weighted by Crippen LogP contribution is 2.30. The van der Waals surface area contributed by atoms with Crippen LogP contribution in [-0.4, -0.2) is 26.5 Å². The van der Waals surface area contributed by atoms with Crippen LogP contribution in [0.25, 0.3) is 0 Å². The van der Waals surface area contributed by atoms with Gasteiger partial charge in [-0.15, -0.1) is 12.4 Å². The Kier molecular flexibility index (Phi) is 4.36. The summed E-state index contributed by atoms with van der Waals surface area (Å²) < 4.78 is 22.0. The van der Waals surface area contributed by atoms with Crippen molar-refractivity contribution in [3.8, 4) is 0 Å². The average molecular weight is 200 g/mol. The molecule has 0 aromatic rings. The second kappa shape index (κ2) is 4.28. The van der Waals surface area contributed by atoms with Crippen LogP contribution in [0.5, 0.6) is 0 Å². The van der Waals surface area contributed by atoms with Gasteiger partial charge in [0.05, 0.1) is 11.5 Å². The minimum absolute atomic E-state index is 0. The Morgan fingerprint density at radius 2 is 1.91 bits per heavy atom. The Labute approximate surface area is 73.7 Å². The summed E-state index contributed by atoms with van der Waals surface area (Å²) in [5.74, 6) is 0.977. The van der Waals surface area contributed by atoms with Crippen molar-refractivity contribution < 1.29 is 8.42 Å². The summed E-state index contributed by atoms with van der Waals surface area (Å²) in [6.45, 7) is 0.259. The maximum Gasteiger partial charge on any atom is 0.151 e. The van der Waals surface area contributed by atoms with Crippen molar-refractivity contribution in [1.29, 1.82) is 0 Å². The van der Waals surface area contributed by atoms with E-state index in [2.05, 4.69) is 0 Å². The zero-order valence-corrected chi connectivity index (χ0v) is 7.96. The van der Waals surface area contributed by atoms with Crippen LogP contribution >= 0.6 is 12.4 Å². The minimum Gasteiger partial charge on any atom is -0.329 e. The van der Waals surface area contributed by atoms with Crippen LogP contribution in [0.15, 0.2) is 0 Å². The Hall–Kier alpha value is 0.200. The lowest BCUT2D eigenvalue weighted by molar-refractivity contribution is 0.592. The smallest absolute Gasteiger partial charge is 0.151 e. The fourth-order valence-corrected chi connectivity index (χ4v) is 2.48. The lowest BCUT2D eigenvalue weighted by atomic mass is 10.5. The number of halogens is 1. The van der Waals surface area contributed by atoms with Gasteiger partial charge in [-0.1, -0.05) is 0 Å². The van der Waals surface area contributed by atoms with Gasteiger partial charge in [0.2, 0.25) is 0 Å². The molecule has 1 aliphatic carbocycles. The predicted molar refractivity (Wildman–Crippen MR) is 47.7 cm³/mol. The first-order valence-electron chi connectivity index (χ1n) is 3.54. The topological polar surface area (TPSA) is 60.2 Å². The molecule has 11 heavy (non-hydrogen) atoms. The summed E-state index contributed by atoms with van der Waals surface area (Å²) in [4.78, 5) is 0. The molecule has 0 bridgehead atoms. The van der Waals surface area contributed by atoms with E-state index in [0.29, 0.717) is 11.7 Å². The van der Waals surface area contributed by atoms with E-state index in [1.54, 1.807) is 0 Å². The van der Waals surface area contributed by atoms with Gasteiger partial charge in [0.25, 0.3) is 0 Å². The molecule has 0 radical (unpaired) electrons. The average Bonchev–Trinajstić information content (AvgIpc) is 2.48. The minimum atomic E-state index is -2.79. The molecule has 0 spiro atoms. The molecule has 1 aliphatic rings. The second-order valence-corrected chi connectivity index (χ2v) is 5.08. The molecule has 0 aromatic carbocycles. The first kappa shape index (κ1) is 11.2. The number of hydrogen-bond donors (Lipinski definition) is 1. The SMILES string of the molecule is Cl.NCCS(=O)(=O)CC1CC1. The summed E-state index contributed by atoms with van der Waals surface area (Å²) in [6.07, 6.45) is 2.17. The van der Waals surface area contributed by atoms with Gasteiger partial charge in [-0.2, -0.15) is 0 Å². The third-order valence-electron chi connectivity index (χ3n) is 1.62. The van der Waals surface area contributed by atoms with Crippen LogP contribution in [0, 0.1) is 5.92 Å². The van der Waals surface area contributed by atoms with Gasteiger partial charge >= 0.3 is 0 Å². The van der Waals surface area contributed by atoms with Crippen molar-refractivity contribution >= 4 is 22.2 Å². The molecule has 3 nitrogen and oxygen atoms in total. The molecule has 68 valence electrons. The summed E-state index contributed by atoms with van der Waals surface area (Å²) in [7, 11) is -2.79. The van der Waals surface area contributed by atoms with Crippen LogP contribution in [0.4, 0.5) is 0 Å². The van der Waals surface area contributed by atoms with Gasteiger partial charge in [0.15, 0.2) is 9.84 Å². The van der Waals surface area contributed by atoms with Crippen molar-refractivity contribution in [1.82, 2.24) is 0 Å². The molecule has 1 rings (SSSR count). The molecule has 0 aromatic heterocycles. The van der Waals surface area contributed by atoms with Crippen LogP contribution in [0.1, 0.15) is 12.8 Å². The highest BCUT2D eigenvalue weighted by Gasteiger charge is 2.27. The molecule has 0 saturated heterocycles. The number of rotatable bonds is 4. The molecule has 0 aliphatic heterocycles. The summed E-state index contributed by atoms with van der Waals surface area (Å²) >= 11 is 0. The maximum absolute atomic E-state index is 11.0. The third-order valence-corrected chi connectivity index (χ3v) is 3.45. The molecule has 2 N–H and O–H groups in total. The standard InChI is InChI=1S/C6H13NO2S.ClH/c7-3-4-10(8,9)5-6-1-2-6;/h6H,1-5,7H2;1H. The zero-order valence-electron chi connectivity index (χ0n) is 6.32. The van der Waals surface area contributed by atoms with Crippen molar-refractivity contribution in [2.45, 2.75) is 12.8 Å². The summed E-state index contributed by atoms with van der Waals surface area (Å²) in [6, 6.07) is 0. The Morgan fingerprint density at radius 3 is 2.27 bits per heavy atom. The van der Waals surface area contributed by atoms with Crippen LogP contribution in [0.2, 0.25) is 0 Å². The largest absolute Gasteiger partial charge is 0.329 e. The quantitative estimate of drug-likeness (QED) is 0.704. The predicted octanol–water partition coefficient (Wildman–Crippen LogP) is 0.192. The molecular formula is C6H14ClNO2S. The monoisotopic (exact) mass is 199 g/mol. The second-order valence-electron chi connectivity index (χ2n) is 2.85. The Balaban J connectivity index is 0.000001000. The van der Waals surface area contributed by atoms with Crippen LogP contribution in [-0.2, 0) is 9.84 Å². The number of nitrogens with two attached hydrogens (primary N) is 1. The van der Waals surface area contributed by atoms with E-state index < -0.39 is 9.84 Å². The van der Waals surface area contributed by atoms with E-state index >= 15 is 0 Å². The van der Waals surface area contributed by atoms with E-state index in [4.69, 9.17) is 5.73 Å². The van der Waals surface area contributed by atoms with E-state index in [9.17, 15) is 8.42 Å². The number of hydrogen-bond acceptors (Lipinski definition) is 3. The van der Waals surface area contributed by atoms with Gasteiger partial charge in [-0.3, -0.25) is 0 Å². The summed E-state index contributed by atoms with van der Waals surface area (Å²) in [5, 5.41) is 0. The molecule has 0 unspecified atom stereocenters. The molecular weight excluding hydrogens is 186 g/mol. The first-order chi connectivity index (χ1) is 4.64. The van der Waals surface area contributed by atoms with Gasteiger partial charge in [0, 0.05) is 6.54 Å². The number of sulfone groups is 1. The van der Waals surface area contributed by atoms with E-state index in [-0.39, 0.29) is 24.7 Å². The van der Waals surface area contributed by atoms with Crippen LogP contribution in [0.3, 0.4) is 0 Å². The summed E-state index contributed by atoms with van der Waals surface area (Å²) in [5.41, 5.74) is 5.13. The molecule has 0 atom stereocenters. The zero-order chi connectivity index (χ0) is 7.61. The molecule has 1 saturated carbocycles. The molecule has 0 heterocycles. The highest BCUT2D eigenvalue weighted by molar-refractivity contribution is 7.91. The Morgan fingerprint density at radius 1 is 1.36 bits per heavy atom. The fourth-order valence-electron chi connectivity index (χ4n) is 0.907.